The summed E-state index contributed by atoms with van der Waals surface area (Å²) in [6.45, 7) is 13.1. The molecule has 0 radical (unpaired) electrons. The maximum absolute atomic E-state index is 5.73. The summed E-state index contributed by atoms with van der Waals surface area (Å²) < 4.78 is 0. The summed E-state index contributed by atoms with van der Waals surface area (Å²) in [5, 5.41) is 6.12. The Balaban J connectivity index is 1.66. The smallest absolute Gasteiger partial charge is 0.169 e. The van der Waals surface area contributed by atoms with Crippen molar-refractivity contribution in [1.82, 2.24) is 20.1 Å². The molecule has 1 aliphatic heterocycles. The molecule has 1 saturated heterocycles. The predicted octanol–water partition coefficient (Wildman–Crippen LogP) is 4.19. The second-order valence-electron chi connectivity index (χ2n) is 8.43. The lowest BCUT2D eigenvalue weighted by atomic mass is 9.73. The molecule has 1 aromatic heterocycles. The predicted molar refractivity (Wildman–Crippen MR) is 122 cm³/mol. The normalized spacial score (nSPS) is 24.2. The highest BCUT2D eigenvalue weighted by Gasteiger charge is 2.41. The van der Waals surface area contributed by atoms with Crippen molar-refractivity contribution < 1.29 is 0 Å². The Morgan fingerprint density at radius 1 is 1.29 bits per heavy atom. The van der Waals surface area contributed by atoms with Crippen LogP contribution in [0.3, 0.4) is 0 Å². The summed E-state index contributed by atoms with van der Waals surface area (Å²) in [6, 6.07) is 7.84. The highest BCUT2D eigenvalue weighted by atomic mass is 32.1. The van der Waals surface area contributed by atoms with E-state index in [1.165, 1.54) is 40.6 Å². The number of H-pyrrole nitrogens is 1. The molecule has 2 N–H and O–H groups in total. The first-order valence-corrected chi connectivity index (χ1v) is 11.4. The number of piperidine rings is 1. The van der Waals surface area contributed by atoms with Crippen molar-refractivity contribution in [3.05, 3.63) is 35.0 Å². The van der Waals surface area contributed by atoms with E-state index in [2.05, 4.69) is 66.0 Å². The van der Waals surface area contributed by atoms with E-state index in [4.69, 9.17) is 12.2 Å². The Kier molecular flexibility index (Phi) is 5.66. The molecule has 5 heteroatoms. The van der Waals surface area contributed by atoms with Crippen LogP contribution in [0.5, 0.6) is 0 Å². The molecule has 3 atom stereocenters. The van der Waals surface area contributed by atoms with Gasteiger partial charge in [-0.05, 0) is 76.0 Å². The van der Waals surface area contributed by atoms with Crippen molar-refractivity contribution in [3.63, 3.8) is 0 Å². The standard InChI is InChI=1S/C23H34N4S/c1-5-11-27-14-16(25-23(28)26(6-2)7-3)12-19-17-9-8-10-20-22(17)18(13-21(19)27)15(4)24-20/h8-10,16,19,21,24H,5-7,11-14H2,1-4H3,(H,25,28)/t16-,19?,21+/m0/s1. The van der Waals surface area contributed by atoms with Crippen LogP contribution in [0.4, 0.5) is 0 Å². The number of benzene rings is 1. The first-order chi connectivity index (χ1) is 13.6. The van der Waals surface area contributed by atoms with Crippen LogP contribution >= 0.6 is 12.2 Å². The Morgan fingerprint density at radius 2 is 2.07 bits per heavy atom. The van der Waals surface area contributed by atoms with E-state index in [9.17, 15) is 0 Å². The lowest BCUT2D eigenvalue weighted by Gasteiger charge is -2.48. The molecule has 152 valence electrons. The van der Waals surface area contributed by atoms with Crippen LogP contribution in [0.1, 0.15) is 56.4 Å². The molecule has 4 rings (SSSR count). The fourth-order valence-electron chi connectivity index (χ4n) is 5.49. The van der Waals surface area contributed by atoms with Gasteiger partial charge in [-0.2, -0.15) is 0 Å². The number of nitrogens with one attached hydrogen (secondary N) is 2. The molecule has 2 heterocycles. The van der Waals surface area contributed by atoms with E-state index in [1.807, 2.05) is 0 Å². The van der Waals surface area contributed by atoms with Crippen molar-refractivity contribution in [2.75, 3.05) is 26.2 Å². The number of hydrogen-bond acceptors (Lipinski definition) is 2. The molecular formula is C23H34N4S. The molecule has 0 amide bonds. The highest BCUT2D eigenvalue weighted by molar-refractivity contribution is 7.80. The van der Waals surface area contributed by atoms with Crippen LogP contribution in [-0.4, -0.2) is 58.2 Å². The molecule has 4 nitrogen and oxygen atoms in total. The number of thiocarbonyl (C=S) groups is 1. The maximum Gasteiger partial charge on any atom is 0.169 e. The quantitative estimate of drug-likeness (QED) is 0.740. The lowest BCUT2D eigenvalue weighted by Crippen LogP contribution is -2.57. The summed E-state index contributed by atoms with van der Waals surface area (Å²) in [5.74, 6) is 0.573. The molecule has 0 saturated carbocycles. The maximum atomic E-state index is 5.73. The summed E-state index contributed by atoms with van der Waals surface area (Å²) in [6.07, 6.45) is 3.52. The van der Waals surface area contributed by atoms with Gasteiger partial charge < -0.3 is 15.2 Å². The molecule has 2 aliphatic rings. The number of likely N-dealkylation sites (tertiary alicyclic amines) is 1. The zero-order valence-corrected chi connectivity index (χ0v) is 18.5. The summed E-state index contributed by atoms with van der Waals surface area (Å²) in [5.41, 5.74) is 5.73. The van der Waals surface area contributed by atoms with Gasteiger partial charge in [0.2, 0.25) is 0 Å². The van der Waals surface area contributed by atoms with Gasteiger partial charge >= 0.3 is 0 Å². The average molecular weight is 399 g/mol. The van der Waals surface area contributed by atoms with E-state index in [0.29, 0.717) is 18.0 Å². The van der Waals surface area contributed by atoms with Gasteiger partial charge in [-0.1, -0.05) is 19.1 Å². The number of nitrogens with zero attached hydrogens (tertiary/aromatic N) is 2. The number of hydrogen-bond donors (Lipinski definition) is 2. The third kappa shape index (κ3) is 3.33. The molecule has 1 unspecified atom stereocenters. The van der Waals surface area contributed by atoms with E-state index < -0.39 is 0 Å². The van der Waals surface area contributed by atoms with Gasteiger partial charge in [-0.15, -0.1) is 0 Å². The summed E-state index contributed by atoms with van der Waals surface area (Å²) in [7, 11) is 0. The number of aromatic amines is 1. The van der Waals surface area contributed by atoms with Crippen LogP contribution in [0, 0.1) is 6.92 Å². The molecule has 2 aromatic rings. The van der Waals surface area contributed by atoms with Gasteiger partial charge in [0.05, 0.1) is 0 Å². The Labute approximate surface area is 174 Å². The second-order valence-corrected chi connectivity index (χ2v) is 8.81. The fraction of sp³-hybridized carbons (Fsp3) is 0.609. The topological polar surface area (TPSA) is 34.3 Å². The SMILES string of the molecule is CCCN1C[C@@H](NC(=S)N(CC)CC)CC2c3cccc4[nH]c(C)c(c34)C[C@H]21. The molecule has 1 aliphatic carbocycles. The largest absolute Gasteiger partial charge is 0.359 e. The molecule has 1 fully saturated rings. The van der Waals surface area contributed by atoms with Gasteiger partial charge in [-0.3, -0.25) is 4.90 Å². The fourth-order valence-corrected chi connectivity index (χ4v) is 5.92. The zero-order chi connectivity index (χ0) is 19.8. The molecular weight excluding hydrogens is 364 g/mol. The van der Waals surface area contributed by atoms with E-state index in [0.717, 1.165) is 37.7 Å². The first kappa shape index (κ1) is 19.7. The number of aromatic nitrogens is 1. The number of rotatable bonds is 5. The molecule has 1 aromatic carbocycles. The van der Waals surface area contributed by atoms with Crippen LogP contribution in [0.25, 0.3) is 10.9 Å². The minimum absolute atomic E-state index is 0.415. The highest BCUT2D eigenvalue weighted by Crippen LogP contribution is 2.44. The Hall–Kier alpha value is -1.59. The van der Waals surface area contributed by atoms with Crippen LogP contribution in [-0.2, 0) is 6.42 Å². The first-order valence-electron chi connectivity index (χ1n) is 11.0. The van der Waals surface area contributed by atoms with Gasteiger partial charge in [-0.25, -0.2) is 0 Å². The van der Waals surface area contributed by atoms with E-state index in [1.54, 1.807) is 0 Å². The Morgan fingerprint density at radius 3 is 2.79 bits per heavy atom. The van der Waals surface area contributed by atoms with Crippen molar-refractivity contribution in [2.24, 2.45) is 0 Å². The van der Waals surface area contributed by atoms with Crippen LogP contribution < -0.4 is 5.32 Å². The van der Waals surface area contributed by atoms with Crippen molar-refractivity contribution >= 4 is 28.2 Å². The summed E-state index contributed by atoms with van der Waals surface area (Å²) in [4.78, 5) is 8.61. The third-order valence-corrected chi connectivity index (χ3v) is 7.18. The van der Waals surface area contributed by atoms with Crippen molar-refractivity contribution in [1.29, 1.82) is 0 Å². The van der Waals surface area contributed by atoms with Crippen LogP contribution in [0.15, 0.2) is 18.2 Å². The van der Waals surface area contributed by atoms with E-state index >= 15 is 0 Å². The molecule has 0 spiro atoms. The second kappa shape index (κ2) is 8.03. The summed E-state index contributed by atoms with van der Waals surface area (Å²) >= 11 is 5.73. The zero-order valence-electron chi connectivity index (χ0n) is 17.7. The van der Waals surface area contributed by atoms with Gasteiger partial charge in [0.15, 0.2) is 5.11 Å². The van der Waals surface area contributed by atoms with Crippen LogP contribution in [0.2, 0.25) is 0 Å². The average Bonchev–Trinajstić information content (AvgIpc) is 3.00. The van der Waals surface area contributed by atoms with Gasteiger partial charge in [0.1, 0.15) is 0 Å². The Bertz CT molecular complexity index is 854. The minimum Gasteiger partial charge on any atom is -0.359 e. The van der Waals surface area contributed by atoms with Gasteiger partial charge in [0.25, 0.3) is 0 Å². The number of aryl methyl sites for hydroxylation is 1. The van der Waals surface area contributed by atoms with Crippen molar-refractivity contribution in [3.8, 4) is 0 Å². The molecule has 0 bridgehead atoms. The molecule has 28 heavy (non-hydrogen) atoms. The van der Waals surface area contributed by atoms with Gasteiger partial charge in [0, 0.05) is 54.2 Å². The van der Waals surface area contributed by atoms with E-state index in [-0.39, 0.29) is 0 Å². The lowest BCUT2D eigenvalue weighted by molar-refractivity contribution is 0.104. The third-order valence-electron chi connectivity index (χ3n) is 6.80. The number of fused-ring (bicyclic) bond motifs is 2. The minimum atomic E-state index is 0.415. The van der Waals surface area contributed by atoms with Crippen molar-refractivity contribution in [2.45, 2.75) is 65.0 Å². The monoisotopic (exact) mass is 398 g/mol.